The van der Waals surface area contributed by atoms with Crippen LogP contribution in [0.2, 0.25) is 0 Å². The number of carbonyl (C=O) groups excluding carboxylic acids is 1. The van der Waals surface area contributed by atoms with Crippen molar-refractivity contribution in [1.82, 2.24) is 0 Å². The molecule has 0 saturated carbocycles. The Bertz CT molecular complexity index is 249. The number of nitrogens with one attached hydrogen (secondary N) is 1. The van der Waals surface area contributed by atoms with Crippen LogP contribution in [0.15, 0.2) is 5.10 Å². The van der Waals surface area contributed by atoms with E-state index >= 15 is 0 Å². The smallest absolute Gasteiger partial charge is 0.327 e. The molecule has 1 aliphatic rings. The number of hydrogen-bond donors (Lipinski definition) is 2. The molecule has 66 valence electrons. The highest BCUT2D eigenvalue weighted by atomic mass is 32.2. The molecule has 0 unspecified atom stereocenters. The van der Waals surface area contributed by atoms with Crippen molar-refractivity contribution >= 4 is 28.6 Å². The minimum Gasteiger partial charge on any atom is -0.469 e. The SMILES string of the molecule is COC(=O)CC1=N[NH+]=C(N)SC1. The van der Waals surface area contributed by atoms with E-state index < -0.39 is 0 Å². The molecule has 0 aliphatic carbocycles. The zero-order valence-corrected chi connectivity index (χ0v) is 7.48. The molecule has 0 aromatic heterocycles. The highest BCUT2D eigenvalue weighted by Crippen LogP contribution is 2.02. The van der Waals surface area contributed by atoms with Crippen molar-refractivity contribution in [2.24, 2.45) is 10.8 Å². The Morgan fingerprint density at radius 2 is 2.67 bits per heavy atom. The summed E-state index contributed by atoms with van der Waals surface area (Å²) in [5.74, 6) is 0.366. The second-order valence-corrected chi connectivity index (χ2v) is 3.21. The third-order valence-electron chi connectivity index (χ3n) is 1.29. The van der Waals surface area contributed by atoms with Gasteiger partial charge < -0.3 is 4.74 Å². The lowest BCUT2D eigenvalue weighted by Gasteiger charge is -2.03. The molecule has 0 bridgehead atoms. The molecule has 0 spiro atoms. The lowest BCUT2D eigenvalue weighted by molar-refractivity contribution is -0.460. The minimum atomic E-state index is -0.281. The number of nitrogens with zero attached hydrogens (tertiary/aromatic N) is 1. The minimum absolute atomic E-state index is 0.226. The van der Waals surface area contributed by atoms with Gasteiger partial charge in [0.25, 0.3) is 0 Å². The van der Waals surface area contributed by atoms with Crippen molar-refractivity contribution in [2.45, 2.75) is 6.42 Å². The summed E-state index contributed by atoms with van der Waals surface area (Å²) in [6, 6.07) is 0. The molecule has 5 nitrogen and oxygen atoms in total. The van der Waals surface area contributed by atoms with E-state index in [9.17, 15) is 4.79 Å². The molecule has 3 N–H and O–H groups in total. The van der Waals surface area contributed by atoms with Gasteiger partial charge in [-0.25, -0.2) is 0 Å². The van der Waals surface area contributed by atoms with Crippen molar-refractivity contribution in [3.8, 4) is 0 Å². The molecular formula is C6H10N3O2S+. The number of amidine groups is 1. The monoisotopic (exact) mass is 188 g/mol. The Kier molecular flexibility index (Phi) is 3.09. The standard InChI is InChI=1S/C6H9N3O2S/c1-11-5(10)2-4-3-12-6(7)9-8-4/h2-3H2,1H3,(H2,7,9)/p+1. The summed E-state index contributed by atoms with van der Waals surface area (Å²) in [5.41, 5.74) is 6.16. The summed E-state index contributed by atoms with van der Waals surface area (Å²) < 4.78 is 4.48. The molecule has 12 heavy (non-hydrogen) atoms. The predicted octanol–water partition coefficient (Wildman–Crippen LogP) is -1.95. The molecule has 0 amide bonds. The van der Waals surface area contributed by atoms with Crippen molar-refractivity contribution in [3.05, 3.63) is 0 Å². The van der Waals surface area contributed by atoms with Gasteiger partial charge in [-0.15, -0.1) is 5.10 Å². The van der Waals surface area contributed by atoms with Gasteiger partial charge in [0.05, 0.1) is 19.2 Å². The van der Waals surface area contributed by atoms with Gasteiger partial charge in [-0.1, -0.05) is 5.10 Å². The van der Waals surface area contributed by atoms with Crippen molar-refractivity contribution in [2.75, 3.05) is 12.9 Å². The van der Waals surface area contributed by atoms with Crippen LogP contribution in [-0.4, -0.2) is 29.7 Å². The fourth-order valence-electron chi connectivity index (χ4n) is 0.689. The van der Waals surface area contributed by atoms with E-state index in [1.807, 2.05) is 0 Å². The number of nitrogens with two attached hydrogens (primary N) is 1. The quantitative estimate of drug-likeness (QED) is 0.494. The van der Waals surface area contributed by atoms with E-state index in [0.717, 1.165) is 5.71 Å². The van der Waals surface area contributed by atoms with E-state index in [0.29, 0.717) is 10.9 Å². The lowest BCUT2D eigenvalue weighted by atomic mass is 10.3. The van der Waals surface area contributed by atoms with Crippen molar-refractivity contribution < 1.29 is 14.6 Å². The molecule has 1 rings (SSSR count). The fourth-order valence-corrected chi connectivity index (χ4v) is 1.29. The van der Waals surface area contributed by atoms with Crippen LogP contribution in [0.4, 0.5) is 0 Å². The zero-order chi connectivity index (χ0) is 8.97. The second kappa shape index (κ2) is 4.10. The average molecular weight is 188 g/mol. The van der Waals surface area contributed by atoms with Crippen molar-refractivity contribution in [1.29, 1.82) is 0 Å². The molecular weight excluding hydrogens is 178 g/mol. The molecule has 0 radical (unpaired) electrons. The Hall–Kier alpha value is -1.04. The van der Waals surface area contributed by atoms with Crippen LogP contribution in [0.5, 0.6) is 0 Å². The molecule has 0 aromatic carbocycles. The molecule has 0 fully saturated rings. The molecule has 0 saturated heterocycles. The molecule has 1 aliphatic heterocycles. The van der Waals surface area contributed by atoms with Crippen LogP contribution >= 0.6 is 11.8 Å². The number of hydrazone groups is 1. The van der Waals surface area contributed by atoms with Gasteiger partial charge in [-0.05, 0) is 11.8 Å². The normalized spacial score (nSPS) is 16.4. The van der Waals surface area contributed by atoms with Gasteiger partial charge >= 0.3 is 11.1 Å². The first-order valence-electron chi connectivity index (χ1n) is 3.36. The van der Waals surface area contributed by atoms with E-state index in [4.69, 9.17) is 5.73 Å². The molecule has 0 atom stereocenters. The van der Waals surface area contributed by atoms with E-state index in [1.54, 1.807) is 0 Å². The van der Waals surface area contributed by atoms with Gasteiger partial charge in [0.2, 0.25) is 0 Å². The van der Waals surface area contributed by atoms with Gasteiger partial charge in [0, 0.05) is 5.75 Å². The topological polar surface area (TPSA) is 78.6 Å². The first-order chi connectivity index (χ1) is 5.72. The van der Waals surface area contributed by atoms with E-state index in [2.05, 4.69) is 14.9 Å². The predicted molar refractivity (Wildman–Crippen MR) is 46.7 cm³/mol. The van der Waals surface area contributed by atoms with E-state index in [-0.39, 0.29) is 12.4 Å². The first-order valence-corrected chi connectivity index (χ1v) is 4.34. The maximum Gasteiger partial charge on any atom is 0.327 e. The highest BCUT2D eigenvalue weighted by Gasteiger charge is 2.14. The number of ether oxygens (including phenoxy) is 1. The third kappa shape index (κ3) is 2.54. The number of carbonyl (C=O) groups is 1. The molecule has 0 aromatic rings. The van der Waals surface area contributed by atoms with Crippen LogP contribution in [0.25, 0.3) is 0 Å². The van der Waals surface area contributed by atoms with Crippen LogP contribution in [0.1, 0.15) is 6.42 Å². The fraction of sp³-hybridized carbons (Fsp3) is 0.500. The number of rotatable bonds is 2. The number of thioether (sulfide) groups is 1. The average Bonchev–Trinajstić information content (AvgIpc) is 2.09. The summed E-state index contributed by atoms with van der Waals surface area (Å²) in [6.45, 7) is 0. The largest absolute Gasteiger partial charge is 0.469 e. The summed E-state index contributed by atoms with van der Waals surface area (Å²) in [5, 5.41) is 7.04. The molecule has 6 heteroatoms. The Morgan fingerprint density at radius 1 is 1.92 bits per heavy atom. The Balaban J connectivity index is 2.49. The summed E-state index contributed by atoms with van der Waals surface area (Å²) in [4.78, 5) is 10.8. The van der Waals surface area contributed by atoms with Crippen LogP contribution in [0, 0.1) is 0 Å². The lowest BCUT2D eigenvalue weighted by Crippen LogP contribution is -2.70. The van der Waals surface area contributed by atoms with Crippen LogP contribution in [-0.2, 0) is 9.53 Å². The maximum absolute atomic E-state index is 10.8. The second-order valence-electron chi connectivity index (χ2n) is 2.20. The van der Waals surface area contributed by atoms with Gasteiger partial charge in [0.1, 0.15) is 0 Å². The maximum atomic E-state index is 10.8. The summed E-state index contributed by atoms with van der Waals surface area (Å²) in [6.07, 6.45) is 0.226. The molecule has 1 heterocycles. The van der Waals surface area contributed by atoms with Crippen LogP contribution in [0.3, 0.4) is 0 Å². The summed E-state index contributed by atoms with van der Waals surface area (Å²) >= 11 is 1.42. The first kappa shape index (κ1) is 9.05. The third-order valence-corrected chi connectivity index (χ3v) is 2.17. The number of hydrogen-bond acceptors (Lipinski definition) is 5. The van der Waals surface area contributed by atoms with Crippen molar-refractivity contribution in [3.63, 3.8) is 0 Å². The number of esters is 1. The van der Waals surface area contributed by atoms with Crippen LogP contribution < -0.4 is 10.8 Å². The van der Waals surface area contributed by atoms with E-state index in [1.165, 1.54) is 18.9 Å². The van der Waals surface area contributed by atoms with Gasteiger partial charge in [-0.2, -0.15) is 0 Å². The Morgan fingerprint density at radius 3 is 3.17 bits per heavy atom. The number of methoxy groups -OCH3 is 1. The highest BCUT2D eigenvalue weighted by molar-refractivity contribution is 8.14. The van der Waals surface area contributed by atoms with Gasteiger partial charge in [0.15, 0.2) is 0 Å². The summed E-state index contributed by atoms with van der Waals surface area (Å²) in [7, 11) is 1.35. The van der Waals surface area contributed by atoms with Gasteiger partial charge in [-0.3, -0.25) is 10.5 Å². The Labute approximate surface area is 74.1 Å². The zero-order valence-electron chi connectivity index (χ0n) is 6.66.